The van der Waals surface area contributed by atoms with Gasteiger partial charge in [-0.1, -0.05) is 27.7 Å². The predicted octanol–water partition coefficient (Wildman–Crippen LogP) is 3.66. The minimum atomic E-state index is 0.428. The van der Waals surface area contributed by atoms with Crippen LogP contribution in [0.3, 0.4) is 0 Å². The summed E-state index contributed by atoms with van der Waals surface area (Å²) in [6.45, 7) is 9.62. The first-order valence-electron chi connectivity index (χ1n) is 6.81. The molecule has 102 valence electrons. The van der Waals surface area contributed by atoms with E-state index in [1.165, 1.54) is 5.69 Å². The Hall–Kier alpha value is -1.84. The van der Waals surface area contributed by atoms with Crippen molar-refractivity contribution in [3.8, 4) is 11.1 Å². The summed E-state index contributed by atoms with van der Waals surface area (Å²) < 4.78 is 0. The van der Waals surface area contributed by atoms with Gasteiger partial charge in [-0.05, 0) is 29.5 Å². The lowest BCUT2D eigenvalue weighted by atomic mass is 10.0. The van der Waals surface area contributed by atoms with Gasteiger partial charge in [0.05, 0.1) is 6.20 Å². The fourth-order valence-electron chi connectivity index (χ4n) is 1.97. The van der Waals surface area contributed by atoms with Gasteiger partial charge in [-0.2, -0.15) is 5.10 Å². The first kappa shape index (κ1) is 13.6. The van der Waals surface area contributed by atoms with Crippen molar-refractivity contribution in [2.45, 2.75) is 33.6 Å². The molecule has 0 aromatic carbocycles. The second kappa shape index (κ2) is 5.87. The molecule has 19 heavy (non-hydrogen) atoms. The van der Waals surface area contributed by atoms with Crippen LogP contribution in [0.25, 0.3) is 11.1 Å². The topological polar surface area (TPSA) is 53.6 Å². The van der Waals surface area contributed by atoms with E-state index in [1.54, 1.807) is 0 Å². The lowest BCUT2D eigenvalue weighted by Gasteiger charge is -2.10. The fourth-order valence-corrected chi connectivity index (χ4v) is 1.97. The van der Waals surface area contributed by atoms with Crippen molar-refractivity contribution in [1.82, 2.24) is 15.2 Å². The van der Waals surface area contributed by atoms with E-state index in [0.717, 1.165) is 23.5 Å². The third kappa shape index (κ3) is 3.34. The Balaban J connectivity index is 2.25. The number of hydrogen-bond acceptors (Lipinski definition) is 3. The zero-order chi connectivity index (χ0) is 13.8. The van der Waals surface area contributed by atoms with Gasteiger partial charge in [-0.25, -0.2) is 4.98 Å². The molecule has 0 fully saturated rings. The molecule has 0 aliphatic carbocycles. The second-order valence-electron chi connectivity index (χ2n) is 5.56. The maximum atomic E-state index is 4.35. The molecule has 2 N–H and O–H groups in total. The van der Waals surface area contributed by atoms with E-state index >= 15 is 0 Å². The van der Waals surface area contributed by atoms with Crippen LogP contribution in [0.15, 0.2) is 24.5 Å². The summed E-state index contributed by atoms with van der Waals surface area (Å²) in [6.07, 6.45) is 3.73. The maximum absolute atomic E-state index is 4.35. The zero-order valence-corrected chi connectivity index (χ0v) is 12.1. The molecular formula is C15H22N4. The van der Waals surface area contributed by atoms with E-state index in [4.69, 9.17) is 0 Å². The van der Waals surface area contributed by atoms with Crippen molar-refractivity contribution in [2.24, 2.45) is 5.92 Å². The van der Waals surface area contributed by atoms with Gasteiger partial charge in [-0.3, -0.25) is 5.10 Å². The standard InChI is InChI=1S/C15H22N4/c1-10(2)8-17-14-7-12(5-6-16-14)13-9-18-19-15(13)11(3)4/h5-7,9-11H,8H2,1-4H3,(H,16,17)(H,18,19). The van der Waals surface area contributed by atoms with Gasteiger partial charge in [0, 0.05) is 24.0 Å². The van der Waals surface area contributed by atoms with Crippen molar-refractivity contribution >= 4 is 5.82 Å². The number of aromatic amines is 1. The molecular weight excluding hydrogens is 236 g/mol. The SMILES string of the molecule is CC(C)CNc1cc(-c2cn[nH]c2C(C)C)ccn1. The molecule has 2 rings (SSSR count). The number of aromatic nitrogens is 3. The van der Waals surface area contributed by atoms with Crippen LogP contribution >= 0.6 is 0 Å². The molecule has 0 atom stereocenters. The third-order valence-corrected chi connectivity index (χ3v) is 3.01. The van der Waals surface area contributed by atoms with Crippen LogP contribution < -0.4 is 5.32 Å². The van der Waals surface area contributed by atoms with Crippen LogP contribution in [0.4, 0.5) is 5.82 Å². The quantitative estimate of drug-likeness (QED) is 0.860. The molecule has 0 aliphatic heterocycles. The summed E-state index contributed by atoms with van der Waals surface area (Å²) in [7, 11) is 0. The molecule has 0 radical (unpaired) electrons. The number of nitrogens with zero attached hydrogens (tertiary/aromatic N) is 2. The van der Waals surface area contributed by atoms with Crippen LogP contribution in [0.1, 0.15) is 39.3 Å². The third-order valence-electron chi connectivity index (χ3n) is 3.01. The number of H-pyrrole nitrogens is 1. The van der Waals surface area contributed by atoms with Crippen molar-refractivity contribution in [3.63, 3.8) is 0 Å². The summed E-state index contributed by atoms with van der Waals surface area (Å²) in [5, 5.41) is 10.6. The minimum Gasteiger partial charge on any atom is -0.370 e. The largest absolute Gasteiger partial charge is 0.370 e. The van der Waals surface area contributed by atoms with E-state index in [2.05, 4.69) is 54.3 Å². The molecule has 0 spiro atoms. The molecule has 2 aromatic rings. The lowest BCUT2D eigenvalue weighted by molar-refractivity contribution is 0.687. The zero-order valence-electron chi connectivity index (χ0n) is 12.1. The lowest BCUT2D eigenvalue weighted by Crippen LogP contribution is -2.08. The summed E-state index contributed by atoms with van der Waals surface area (Å²) in [4.78, 5) is 4.35. The van der Waals surface area contributed by atoms with E-state index in [9.17, 15) is 0 Å². The van der Waals surface area contributed by atoms with Crippen LogP contribution in [0, 0.1) is 5.92 Å². The highest BCUT2D eigenvalue weighted by Gasteiger charge is 2.11. The molecule has 0 bridgehead atoms. The molecule has 0 aliphatic rings. The smallest absolute Gasteiger partial charge is 0.126 e. The Morgan fingerprint density at radius 2 is 2.05 bits per heavy atom. The van der Waals surface area contributed by atoms with Gasteiger partial charge >= 0.3 is 0 Å². The Morgan fingerprint density at radius 3 is 2.74 bits per heavy atom. The molecule has 0 saturated carbocycles. The van der Waals surface area contributed by atoms with E-state index < -0.39 is 0 Å². The summed E-state index contributed by atoms with van der Waals surface area (Å²) >= 11 is 0. The number of anilines is 1. The molecule has 0 amide bonds. The first-order valence-corrected chi connectivity index (χ1v) is 6.81. The van der Waals surface area contributed by atoms with Crippen LogP contribution in [0.2, 0.25) is 0 Å². The van der Waals surface area contributed by atoms with Gasteiger partial charge in [0.2, 0.25) is 0 Å². The Bertz CT molecular complexity index is 528. The molecule has 0 saturated heterocycles. The van der Waals surface area contributed by atoms with Gasteiger partial charge in [0.15, 0.2) is 0 Å². The van der Waals surface area contributed by atoms with Crippen LogP contribution in [-0.2, 0) is 0 Å². The molecule has 2 heterocycles. The van der Waals surface area contributed by atoms with Crippen LogP contribution in [0.5, 0.6) is 0 Å². The average Bonchev–Trinajstić information content (AvgIpc) is 2.86. The van der Waals surface area contributed by atoms with E-state index in [0.29, 0.717) is 11.8 Å². The highest BCUT2D eigenvalue weighted by atomic mass is 15.1. The first-order chi connectivity index (χ1) is 9.08. The summed E-state index contributed by atoms with van der Waals surface area (Å²) in [6, 6.07) is 4.11. The second-order valence-corrected chi connectivity index (χ2v) is 5.56. The minimum absolute atomic E-state index is 0.428. The molecule has 4 heteroatoms. The Labute approximate surface area is 114 Å². The number of rotatable bonds is 5. The monoisotopic (exact) mass is 258 g/mol. The van der Waals surface area contributed by atoms with E-state index in [-0.39, 0.29) is 0 Å². The van der Waals surface area contributed by atoms with Crippen molar-refractivity contribution in [1.29, 1.82) is 0 Å². The highest BCUT2D eigenvalue weighted by molar-refractivity contribution is 5.68. The fraction of sp³-hybridized carbons (Fsp3) is 0.467. The molecule has 0 unspecified atom stereocenters. The van der Waals surface area contributed by atoms with Gasteiger partial charge in [0.1, 0.15) is 5.82 Å². The van der Waals surface area contributed by atoms with Gasteiger partial charge in [-0.15, -0.1) is 0 Å². The van der Waals surface area contributed by atoms with Crippen molar-refractivity contribution in [3.05, 3.63) is 30.2 Å². The highest BCUT2D eigenvalue weighted by Crippen LogP contribution is 2.28. The van der Waals surface area contributed by atoms with Gasteiger partial charge in [0.25, 0.3) is 0 Å². The molecule has 4 nitrogen and oxygen atoms in total. The average molecular weight is 258 g/mol. The number of nitrogens with one attached hydrogen (secondary N) is 2. The van der Waals surface area contributed by atoms with Crippen molar-refractivity contribution < 1.29 is 0 Å². The van der Waals surface area contributed by atoms with Crippen molar-refractivity contribution in [2.75, 3.05) is 11.9 Å². The summed E-state index contributed by atoms with van der Waals surface area (Å²) in [5.74, 6) is 1.95. The van der Waals surface area contributed by atoms with E-state index in [1.807, 2.05) is 18.5 Å². The number of hydrogen-bond donors (Lipinski definition) is 2. The predicted molar refractivity (Wildman–Crippen MR) is 79.2 cm³/mol. The molecule has 2 aromatic heterocycles. The van der Waals surface area contributed by atoms with Gasteiger partial charge < -0.3 is 5.32 Å². The number of pyridine rings is 1. The summed E-state index contributed by atoms with van der Waals surface area (Å²) in [5.41, 5.74) is 3.48. The maximum Gasteiger partial charge on any atom is 0.126 e. The van der Waals surface area contributed by atoms with Crippen LogP contribution in [-0.4, -0.2) is 21.7 Å². The normalized spacial score (nSPS) is 11.3. The Kier molecular flexibility index (Phi) is 4.20. The Morgan fingerprint density at radius 1 is 1.26 bits per heavy atom.